The van der Waals surface area contributed by atoms with E-state index in [4.69, 9.17) is 38.4 Å². The maximum absolute atomic E-state index is 13.7. The van der Waals surface area contributed by atoms with Gasteiger partial charge in [0.05, 0.1) is 11.5 Å². The van der Waals surface area contributed by atoms with E-state index < -0.39 is 34.1 Å². The minimum absolute atomic E-state index is 0.00540. The third kappa shape index (κ3) is 7.63. The number of nitrogen functional groups attached to an aromatic ring is 1. The van der Waals surface area contributed by atoms with Gasteiger partial charge in [0.2, 0.25) is 10.0 Å². The minimum atomic E-state index is -4.08. The second-order valence-electron chi connectivity index (χ2n) is 10.0. The Morgan fingerprint density at radius 1 is 1.12 bits per heavy atom. The highest BCUT2D eigenvalue weighted by atomic mass is 35.5. The van der Waals surface area contributed by atoms with Crippen molar-refractivity contribution in [2.75, 3.05) is 24.6 Å². The molecule has 1 aromatic heterocycles. The van der Waals surface area contributed by atoms with Gasteiger partial charge < -0.3 is 19.9 Å². The largest absolute Gasteiger partial charge is 0.489 e. The summed E-state index contributed by atoms with van der Waals surface area (Å²) < 4.78 is 70.7. The Balaban J connectivity index is 1.46. The fourth-order valence-electron chi connectivity index (χ4n) is 4.50. The highest BCUT2D eigenvalue weighted by Crippen LogP contribution is 2.39. The first kappa shape index (κ1) is 31.6. The lowest BCUT2D eigenvalue weighted by Gasteiger charge is -2.26. The van der Waals surface area contributed by atoms with Crippen molar-refractivity contribution in [3.63, 3.8) is 0 Å². The molecule has 2 fully saturated rings. The summed E-state index contributed by atoms with van der Waals surface area (Å²) in [6, 6.07) is 10.1. The summed E-state index contributed by atoms with van der Waals surface area (Å²) >= 11 is 13.9. The number of hydrogen-bond acceptors (Lipinski definition) is 8. The van der Waals surface area contributed by atoms with Gasteiger partial charge in [-0.2, -0.15) is 13.1 Å². The molecule has 1 saturated heterocycles. The lowest BCUT2D eigenvalue weighted by molar-refractivity contribution is -0.377. The first-order chi connectivity index (χ1) is 20.5. The molecule has 9 nitrogen and oxygen atoms in total. The number of carbonyl (C=O) groups excluding carboxylic acids is 1. The first-order valence-electron chi connectivity index (χ1n) is 13.3. The van der Waals surface area contributed by atoms with Crippen molar-refractivity contribution in [1.29, 1.82) is 0 Å². The summed E-state index contributed by atoms with van der Waals surface area (Å²) in [5, 5.41) is -0.633. The molecule has 1 aliphatic carbocycles. The molecule has 15 heteroatoms. The number of alkyl halides is 2. The van der Waals surface area contributed by atoms with Gasteiger partial charge in [-0.1, -0.05) is 35.3 Å². The number of thioether (sulfide) groups is 1. The summed E-state index contributed by atoms with van der Waals surface area (Å²) in [6.07, 6.45) is 3.92. The van der Waals surface area contributed by atoms with Crippen LogP contribution < -0.4 is 20.2 Å². The summed E-state index contributed by atoms with van der Waals surface area (Å²) in [5.74, 6) is -0.243. The van der Waals surface area contributed by atoms with Crippen molar-refractivity contribution in [1.82, 2.24) is 4.31 Å². The Kier molecular flexibility index (Phi) is 9.86. The van der Waals surface area contributed by atoms with E-state index >= 15 is 0 Å². The molecule has 0 unspecified atom stereocenters. The fourth-order valence-corrected chi connectivity index (χ4v) is 8.14. The highest BCUT2D eigenvalue weighted by Gasteiger charge is 2.42. The van der Waals surface area contributed by atoms with Crippen LogP contribution in [-0.4, -0.2) is 49.6 Å². The maximum Gasteiger partial charge on any atom is 0.387 e. The molecule has 2 heterocycles. The molecule has 3 aromatic rings. The second-order valence-corrected chi connectivity index (χ2v) is 13.9. The lowest BCUT2D eigenvalue weighted by atomic mass is 10.0. The van der Waals surface area contributed by atoms with Crippen LogP contribution in [0.2, 0.25) is 10.0 Å². The van der Waals surface area contributed by atoms with E-state index in [1.807, 2.05) is 0 Å². The van der Waals surface area contributed by atoms with E-state index in [1.165, 1.54) is 48.8 Å². The van der Waals surface area contributed by atoms with Crippen LogP contribution >= 0.6 is 35.0 Å². The zero-order valence-electron chi connectivity index (χ0n) is 22.6. The molecule has 0 amide bonds. The van der Waals surface area contributed by atoms with Crippen LogP contribution in [0.5, 0.6) is 11.5 Å². The number of sulfonamides is 1. The zero-order chi connectivity index (χ0) is 30.7. The number of aromatic amines is 1. The van der Waals surface area contributed by atoms with Crippen molar-refractivity contribution >= 4 is 56.6 Å². The number of halogens is 4. The smallest absolute Gasteiger partial charge is 0.387 e. The Morgan fingerprint density at radius 2 is 1.86 bits per heavy atom. The van der Waals surface area contributed by atoms with Crippen molar-refractivity contribution in [3.8, 4) is 11.5 Å². The maximum atomic E-state index is 13.7. The highest BCUT2D eigenvalue weighted by molar-refractivity contribution is 8.02. The third-order valence-electron chi connectivity index (χ3n) is 6.89. The van der Waals surface area contributed by atoms with Crippen LogP contribution in [0.3, 0.4) is 0 Å². The van der Waals surface area contributed by atoms with Gasteiger partial charge in [-0.05, 0) is 54.7 Å². The summed E-state index contributed by atoms with van der Waals surface area (Å²) in [4.78, 5) is 16.4. The van der Waals surface area contributed by atoms with Gasteiger partial charge in [0.25, 0.3) is 0 Å². The van der Waals surface area contributed by atoms with Gasteiger partial charge in [-0.15, -0.1) is 11.8 Å². The second kappa shape index (κ2) is 13.4. The Morgan fingerprint density at radius 3 is 2.53 bits per heavy atom. The Bertz CT molecular complexity index is 1580. The van der Waals surface area contributed by atoms with Gasteiger partial charge in [0.1, 0.15) is 16.1 Å². The number of rotatable bonds is 12. The molecule has 1 aliphatic heterocycles. The molecule has 230 valence electrons. The van der Waals surface area contributed by atoms with Crippen LogP contribution in [0, 0.1) is 5.92 Å². The average molecular weight is 676 g/mol. The van der Waals surface area contributed by atoms with Crippen molar-refractivity contribution in [2.45, 2.75) is 42.2 Å². The molecule has 2 aromatic carbocycles. The standard InChI is InChI=1S/C28H27Cl2F2N3O6S2/c29-21-13-34-14-22(30)20(21)12-24(17-6-7-23(41-28(31)32)25(10-17)39-15-16-4-5-16)40-27(36)26-35(8-9-42-26)43(37,38)19-3-1-2-18(33)11-19/h1-3,6-7,10-11,13-14,16,24,26,28H,4-5,8-9,12,15,33H2/p+1/t24-,26-/m0/s1. The van der Waals surface area contributed by atoms with Gasteiger partial charge in [-0.25, -0.2) is 18.2 Å². The Labute approximate surface area is 261 Å². The van der Waals surface area contributed by atoms with E-state index in [0.717, 1.165) is 28.9 Å². The summed E-state index contributed by atoms with van der Waals surface area (Å²) in [7, 11) is -4.08. The first-order valence-corrected chi connectivity index (χ1v) is 16.5. The number of nitrogens with zero attached hydrogens (tertiary/aromatic N) is 1. The number of aromatic nitrogens is 1. The fraction of sp³-hybridized carbons (Fsp3) is 0.357. The van der Waals surface area contributed by atoms with Gasteiger partial charge in [0, 0.05) is 30.0 Å². The SMILES string of the molecule is Nc1cccc(S(=O)(=O)N2CCS[C@H]2C(=O)O[C@@H](Cc2c(Cl)c[nH+]cc2Cl)c2ccc(OC(F)F)c(OCC3CC3)c2)c1. The van der Waals surface area contributed by atoms with Crippen LogP contribution in [0.4, 0.5) is 14.5 Å². The normalized spacial score (nSPS) is 18.0. The van der Waals surface area contributed by atoms with Crippen LogP contribution in [0.25, 0.3) is 0 Å². The minimum Gasteiger partial charge on any atom is -0.489 e. The number of esters is 1. The molecule has 2 atom stereocenters. The molecule has 2 aliphatic rings. The molecule has 0 bridgehead atoms. The summed E-state index contributed by atoms with van der Waals surface area (Å²) in [6.45, 7) is -2.68. The van der Waals surface area contributed by atoms with Gasteiger partial charge in [-0.3, -0.25) is 0 Å². The predicted octanol–water partition coefficient (Wildman–Crippen LogP) is 5.37. The van der Waals surface area contributed by atoms with E-state index in [9.17, 15) is 22.0 Å². The van der Waals surface area contributed by atoms with E-state index in [-0.39, 0.29) is 45.1 Å². The van der Waals surface area contributed by atoms with Gasteiger partial charge in [0.15, 0.2) is 29.3 Å². The lowest BCUT2D eigenvalue weighted by Crippen LogP contribution is -2.40. The zero-order valence-corrected chi connectivity index (χ0v) is 25.7. The van der Waals surface area contributed by atoms with Crippen LogP contribution in [0.15, 0.2) is 59.8 Å². The quantitative estimate of drug-likeness (QED) is 0.201. The average Bonchev–Trinajstić information content (AvgIpc) is 3.65. The number of anilines is 1. The summed E-state index contributed by atoms with van der Waals surface area (Å²) in [5.41, 5.74) is 6.91. The number of pyridine rings is 1. The molecule has 0 radical (unpaired) electrons. The molecule has 3 N–H and O–H groups in total. The molecule has 1 saturated carbocycles. The third-order valence-corrected chi connectivity index (χ3v) is 10.7. The van der Waals surface area contributed by atoms with Crippen molar-refractivity contribution in [3.05, 3.63) is 76.0 Å². The number of nitrogens with one attached hydrogen (secondary N) is 1. The van der Waals surface area contributed by atoms with E-state index in [2.05, 4.69) is 9.72 Å². The van der Waals surface area contributed by atoms with Crippen LogP contribution in [-0.2, 0) is 26.0 Å². The van der Waals surface area contributed by atoms with Crippen LogP contribution in [0.1, 0.15) is 30.1 Å². The Hall–Kier alpha value is -2.84. The van der Waals surface area contributed by atoms with E-state index in [0.29, 0.717) is 29.4 Å². The van der Waals surface area contributed by atoms with Crippen molar-refractivity contribution < 1.29 is 41.2 Å². The predicted molar refractivity (Wildman–Crippen MR) is 158 cm³/mol. The molecular weight excluding hydrogens is 647 g/mol. The molecule has 0 spiro atoms. The number of benzene rings is 2. The van der Waals surface area contributed by atoms with E-state index in [1.54, 1.807) is 6.07 Å². The number of carbonyl (C=O) groups is 1. The molecule has 5 rings (SSSR count). The number of hydrogen-bond donors (Lipinski definition) is 1. The topological polar surface area (TPSA) is 122 Å². The molecule has 43 heavy (non-hydrogen) atoms. The number of ether oxygens (including phenoxy) is 3. The monoisotopic (exact) mass is 674 g/mol. The number of H-pyrrole nitrogens is 1. The number of nitrogens with two attached hydrogens (primary N) is 1. The van der Waals surface area contributed by atoms with Crippen molar-refractivity contribution in [2.24, 2.45) is 5.92 Å². The van der Waals surface area contributed by atoms with Gasteiger partial charge >= 0.3 is 12.6 Å². The molecular formula is C28H28Cl2F2N3O6S2+.